The summed E-state index contributed by atoms with van der Waals surface area (Å²) < 4.78 is 73.6. The van der Waals surface area contributed by atoms with E-state index in [0.29, 0.717) is 54.2 Å². The van der Waals surface area contributed by atoms with Gasteiger partial charge in [-0.05, 0) is 61.1 Å². The number of ether oxygens (including phenoxy) is 6. The van der Waals surface area contributed by atoms with E-state index in [4.69, 9.17) is 35.3 Å². The van der Waals surface area contributed by atoms with Crippen molar-refractivity contribution in [3.8, 4) is 5.75 Å². The number of halogens is 4. The molecule has 1 aliphatic rings. The first-order valence-corrected chi connectivity index (χ1v) is 15.7. The number of alkyl halides is 3. The Kier molecular flexibility index (Phi) is 14.4. The molecule has 5 atom stereocenters. The van der Waals surface area contributed by atoms with Crippen LogP contribution in [0.3, 0.4) is 0 Å². The number of hydrogen-bond donors (Lipinski definition) is 0. The highest BCUT2D eigenvalue weighted by Crippen LogP contribution is 2.44. The van der Waals surface area contributed by atoms with Crippen molar-refractivity contribution in [2.24, 2.45) is 0 Å². The zero-order valence-corrected chi connectivity index (χ0v) is 26.6. The van der Waals surface area contributed by atoms with E-state index in [1.165, 1.54) is 19.2 Å². The molecule has 0 saturated carbocycles. The monoisotopic (exact) mass is 644 g/mol. The van der Waals surface area contributed by atoms with Crippen molar-refractivity contribution < 1.29 is 46.4 Å². The summed E-state index contributed by atoms with van der Waals surface area (Å²) in [6.45, 7) is 7.46. The van der Waals surface area contributed by atoms with Gasteiger partial charge in [-0.2, -0.15) is 0 Å². The highest BCUT2D eigenvalue weighted by molar-refractivity contribution is 6.31. The number of aldehydes is 1. The normalized spacial score (nSPS) is 23.9. The third-order valence-corrected chi connectivity index (χ3v) is 7.85. The quantitative estimate of drug-likeness (QED) is 0.121. The molecule has 0 bridgehead atoms. The van der Waals surface area contributed by atoms with Crippen molar-refractivity contribution in [1.82, 2.24) is 0 Å². The molecule has 0 aromatic heterocycles. The maximum atomic E-state index is 12.6. The number of hydrogen-bond acceptors (Lipinski definition) is 7. The van der Waals surface area contributed by atoms with Crippen LogP contribution in [0.5, 0.6) is 5.75 Å². The van der Waals surface area contributed by atoms with Crippen molar-refractivity contribution in [1.29, 1.82) is 0 Å². The van der Waals surface area contributed by atoms with Crippen LogP contribution < -0.4 is 4.74 Å². The van der Waals surface area contributed by atoms with Gasteiger partial charge in [0.15, 0.2) is 6.29 Å². The molecule has 1 fully saturated rings. The highest BCUT2D eigenvalue weighted by Gasteiger charge is 2.58. The SMILES string of the molecule is CCCCO[C@H]1[C@H](OCCCC)[C@@H](C=O)O[C@@](OC)(c2ccc(Cl)c(Cc3ccc(OC(F)(F)F)cc3)c2)[C@@H]1OCCCC. The van der Waals surface area contributed by atoms with Crippen LogP contribution in [0.2, 0.25) is 5.02 Å². The lowest BCUT2D eigenvalue weighted by Crippen LogP contribution is -2.66. The van der Waals surface area contributed by atoms with Crippen molar-refractivity contribution in [3.05, 3.63) is 64.2 Å². The average molecular weight is 645 g/mol. The number of carbonyl (C=O) groups excluding carboxylic acids is 1. The number of carbonyl (C=O) groups is 1. The molecule has 2 aromatic carbocycles. The first-order chi connectivity index (χ1) is 21.1. The van der Waals surface area contributed by atoms with E-state index in [0.717, 1.165) is 38.5 Å². The number of rotatable bonds is 18. The standard InChI is InChI=1S/C33H44ClF3O7/c1-5-8-17-40-29-28(22-38)44-32(39-4,31(42-19-10-7-3)30(29)41-18-9-6-2)25-13-16-27(34)24(21-25)20-23-11-14-26(15-12-23)43-33(35,36)37/h11-16,21-22,28-31H,5-10,17-20H2,1-4H3/t28-,29-,30+,31-,32+/m1/s1. The molecule has 246 valence electrons. The van der Waals surface area contributed by atoms with Gasteiger partial charge >= 0.3 is 6.36 Å². The van der Waals surface area contributed by atoms with E-state index in [-0.39, 0.29) is 5.75 Å². The van der Waals surface area contributed by atoms with Gasteiger partial charge in [0, 0.05) is 37.5 Å². The Hall–Kier alpha value is -2.21. The minimum atomic E-state index is -4.78. The van der Waals surface area contributed by atoms with E-state index in [9.17, 15) is 18.0 Å². The van der Waals surface area contributed by atoms with Crippen LogP contribution in [0.25, 0.3) is 0 Å². The fourth-order valence-corrected chi connectivity index (χ4v) is 5.33. The van der Waals surface area contributed by atoms with Gasteiger partial charge in [0.25, 0.3) is 0 Å². The molecule has 3 rings (SSSR count). The van der Waals surface area contributed by atoms with Gasteiger partial charge in [-0.15, -0.1) is 13.2 Å². The molecule has 0 spiro atoms. The van der Waals surface area contributed by atoms with E-state index < -0.39 is 36.6 Å². The summed E-state index contributed by atoms with van der Waals surface area (Å²) in [7, 11) is 1.49. The fourth-order valence-electron chi connectivity index (χ4n) is 5.15. The predicted octanol–water partition coefficient (Wildman–Crippen LogP) is 7.78. The van der Waals surface area contributed by atoms with Crippen molar-refractivity contribution in [2.75, 3.05) is 26.9 Å². The zero-order valence-electron chi connectivity index (χ0n) is 25.9. The Bertz CT molecular complexity index is 1150. The van der Waals surface area contributed by atoms with Crippen LogP contribution in [-0.4, -0.2) is 64.0 Å². The molecule has 0 N–H and O–H groups in total. The molecule has 0 amide bonds. The summed E-state index contributed by atoms with van der Waals surface area (Å²) >= 11 is 6.61. The van der Waals surface area contributed by atoms with Gasteiger partial charge in [0.05, 0.1) is 0 Å². The van der Waals surface area contributed by atoms with Gasteiger partial charge in [-0.3, -0.25) is 0 Å². The van der Waals surface area contributed by atoms with Gasteiger partial charge in [-0.1, -0.05) is 69.8 Å². The molecule has 1 saturated heterocycles. The van der Waals surface area contributed by atoms with Crippen molar-refractivity contribution >= 4 is 17.9 Å². The minimum Gasteiger partial charge on any atom is -0.406 e. The Morgan fingerprint density at radius 1 is 0.886 bits per heavy atom. The second-order valence-corrected chi connectivity index (χ2v) is 11.2. The summed E-state index contributed by atoms with van der Waals surface area (Å²) in [5.74, 6) is -1.86. The van der Waals surface area contributed by atoms with Crippen molar-refractivity contribution in [3.63, 3.8) is 0 Å². The van der Waals surface area contributed by atoms with Gasteiger partial charge in [-0.25, -0.2) is 0 Å². The van der Waals surface area contributed by atoms with Crippen molar-refractivity contribution in [2.45, 2.75) is 102 Å². The number of methoxy groups -OCH3 is 1. The second-order valence-electron chi connectivity index (χ2n) is 10.8. The molecule has 0 unspecified atom stereocenters. The molecule has 44 heavy (non-hydrogen) atoms. The maximum absolute atomic E-state index is 12.6. The Morgan fingerprint density at radius 3 is 2.02 bits per heavy atom. The van der Waals surface area contributed by atoms with Gasteiger partial charge in [0.2, 0.25) is 5.79 Å². The first-order valence-electron chi connectivity index (χ1n) is 15.3. The van der Waals surface area contributed by atoms with Crippen LogP contribution in [0.15, 0.2) is 42.5 Å². The van der Waals surface area contributed by atoms with Gasteiger partial charge in [0.1, 0.15) is 30.2 Å². The Morgan fingerprint density at radius 2 is 1.48 bits per heavy atom. The summed E-state index contributed by atoms with van der Waals surface area (Å²) in [6.07, 6.45) is -1.81. The minimum absolute atomic E-state index is 0.302. The number of benzene rings is 2. The average Bonchev–Trinajstić information content (AvgIpc) is 2.99. The van der Waals surface area contributed by atoms with Gasteiger partial charge < -0.3 is 33.2 Å². The lowest BCUT2D eigenvalue weighted by molar-refractivity contribution is -0.370. The lowest BCUT2D eigenvalue weighted by atomic mass is 9.86. The highest BCUT2D eigenvalue weighted by atomic mass is 35.5. The predicted molar refractivity (Wildman–Crippen MR) is 161 cm³/mol. The zero-order chi connectivity index (χ0) is 32.2. The lowest BCUT2D eigenvalue weighted by Gasteiger charge is -2.51. The molecule has 1 heterocycles. The summed E-state index contributed by atoms with van der Waals surface area (Å²) in [5, 5.41) is 0.443. The Balaban J connectivity index is 2.03. The first kappa shape index (κ1) is 36.3. The molecular formula is C33H44ClF3O7. The fraction of sp³-hybridized carbons (Fsp3) is 0.606. The van der Waals surface area contributed by atoms with E-state index in [1.54, 1.807) is 24.3 Å². The molecular weight excluding hydrogens is 601 g/mol. The van der Waals surface area contributed by atoms with Crippen LogP contribution in [-0.2, 0) is 40.7 Å². The maximum Gasteiger partial charge on any atom is 0.573 e. The molecule has 11 heteroatoms. The summed E-state index contributed by atoms with van der Waals surface area (Å²) in [4.78, 5) is 12.5. The topological polar surface area (TPSA) is 72.5 Å². The van der Waals surface area contributed by atoms with Crippen LogP contribution in [0.1, 0.15) is 76.0 Å². The molecule has 0 aliphatic carbocycles. The summed E-state index contributed by atoms with van der Waals surface area (Å²) in [5.41, 5.74) is 1.94. The van der Waals surface area contributed by atoms with Crippen LogP contribution in [0.4, 0.5) is 13.2 Å². The number of unbranched alkanes of at least 4 members (excludes halogenated alkanes) is 3. The summed E-state index contributed by atoms with van der Waals surface area (Å²) in [6, 6.07) is 10.9. The van der Waals surface area contributed by atoms with Crippen LogP contribution >= 0.6 is 11.6 Å². The third-order valence-electron chi connectivity index (χ3n) is 7.48. The molecule has 7 nitrogen and oxygen atoms in total. The molecule has 1 aliphatic heterocycles. The van der Waals surface area contributed by atoms with Crippen LogP contribution in [0, 0.1) is 0 Å². The third kappa shape index (κ3) is 9.64. The molecule has 0 radical (unpaired) electrons. The second kappa shape index (κ2) is 17.5. The molecule has 2 aromatic rings. The Labute approximate surface area is 263 Å². The largest absolute Gasteiger partial charge is 0.573 e. The smallest absolute Gasteiger partial charge is 0.406 e. The van der Waals surface area contributed by atoms with E-state index >= 15 is 0 Å². The van der Waals surface area contributed by atoms with E-state index in [1.807, 2.05) is 6.07 Å². The van der Waals surface area contributed by atoms with E-state index in [2.05, 4.69) is 25.5 Å².